The molecule has 98 valence electrons. The van der Waals surface area contributed by atoms with Crippen LogP contribution >= 0.6 is 0 Å². The van der Waals surface area contributed by atoms with Gasteiger partial charge >= 0.3 is 0 Å². The van der Waals surface area contributed by atoms with Gasteiger partial charge in [-0.3, -0.25) is 4.79 Å². The van der Waals surface area contributed by atoms with Crippen molar-refractivity contribution in [2.45, 2.75) is 19.8 Å². The molecule has 2 aromatic rings. The second kappa shape index (κ2) is 4.35. The topological polar surface area (TPSA) is 55.1 Å². The van der Waals surface area contributed by atoms with Crippen LogP contribution in [0, 0.1) is 12.3 Å². The van der Waals surface area contributed by atoms with Crippen molar-refractivity contribution in [2.75, 3.05) is 11.9 Å². The molecule has 1 saturated carbocycles. The molecule has 0 saturated heterocycles. The first-order valence-electron chi connectivity index (χ1n) is 6.65. The first-order valence-corrected chi connectivity index (χ1v) is 6.65. The normalized spacial score (nSPS) is 16.3. The standard InChI is InChI=1S/C16H18N2O/c1-11-2-3-13-9-14(5-4-12(13)8-11)18-15(19)16(10-17)6-7-16/h2-5,8-9H,6-7,10,17H2,1H3,(H,18,19). The Labute approximate surface area is 112 Å². The molecular formula is C16H18N2O. The average Bonchev–Trinajstić information content (AvgIpc) is 3.20. The monoisotopic (exact) mass is 254 g/mol. The fraction of sp³-hybridized carbons (Fsp3) is 0.312. The van der Waals surface area contributed by atoms with Gasteiger partial charge in [-0.15, -0.1) is 0 Å². The minimum Gasteiger partial charge on any atom is -0.329 e. The Morgan fingerprint density at radius 3 is 2.58 bits per heavy atom. The zero-order valence-corrected chi connectivity index (χ0v) is 11.1. The lowest BCUT2D eigenvalue weighted by Crippen LogP contribution is -2.30. The molecule has 1 amide bonds. The molecule has 0 spiro atoms. The van der Waals surface area contributed by atoms with Crippen LogP contribution in [0.1, 0.15) is 18.4 Å². The Hall–Kier alpha value is -1.87. The Morgan fingerprint density at radius 1 is 1.21 bits per heavy atom. The van der Waals surface area contributed by atoms with Gasteiger partial charge in [-0.2, -0.15) is 0 Å². The van der Waals surface area contributed by atoms with E-state index in [4.69, 9.17) is 5.73 Å². The average molecular weight is 254 g/mol. The van der Waals surface area contributed by atoms with E-state index in [1.54, 1.807) is 0 Å². The number of amides is 1. The molecule has 0 aliphatic heterocycles. The van der Waals surface area contributed by atoms with E-state index >= 15 is 0 Å². The van der Waals surface area contributed by atoms with Crippen molar-refractivity contribution < 1.29 is 4.79 Å². The molecule has 0 bridgehead atoms. The third-order valence-electron chi connectivity index (χ3n) is 3.98. The zero-order chi connectivity index (χ0) is 13.5. The van der Waals surface area contributed by atoms with Gasteiger partial charge in [0.15, 0.2) is 0 Å². The molecule has 3 nitrogen and oxygen atoms in total. The number of carbonyl (C=O) groups is 1. The summed E-state index contributed by atoms with van der Waals surface area (Å²) in [5.41, 5.74) is 7.45. The number of nitrogens with two attached hydrogens (primary N) is 1. The molecular weight excluding hydrogens is 236 g/mol. The summed E-state index contributed by atoms with van der Waals surface area (Å²) in [5, 5.41) is 5.32. The summed E-state index contributed by atoms with van der Waals surface area (Å²) < 4.78 is 0. The van der Waals surface area contributed by atoms with Crippen molar-refractivity contribution in [3.63, 3.8) is 0 Å². The van der Waals surface area contributed by atoms with Crippen LogP contribution in [0.4, 0.5) is 5.69 Å². The fourth-order valence-corrected chi connectivity index (χ4v) is 2.38. The van der Waals surface area contributed by atoms with Crippen molar-refractivity contribution in [3.8, 4) is 0 Å². The number of benzene rings is 2. The molecule has 2 aromatic carbocycles. The summed E-state index contributed by atoms with van der Waals surface area (Å²) in [6.07, 6.45) is 1.81. The van der Waals surface area contributed by atoms with Crippen LogP contribution in [0.3, 0.4) is 0 Å². The Kier molecular flexibility index (Phi) is 2.79. The first-order chi connectivity index (χ1) is 9.13. The van der Waals surface area contributed by atoms with E-state index in [2.05, 4.69) is 30.4 Å². The summed E-state index contributed by atoms with van der Waals surface area (Å²) in [6.45, 7) is 2.51. The minimum absolute atomic E-state index is 0.0569. The lowest BCUT2D eigenvalue weighted by atomic mass is 10.1. The van der Waals surface area contributed by atoms with E-state index in [1.807, 2.05) is 18.2 Å². The number of fused-ring (bicyclic) bond motifs is 1. The highest BCUT2D eigenvalue weighted by Gasteiger charge is 2.48. The largest absolute Gasteiger partial charge is 0.329 e. The number of anilines is 1. The van der Waals surface area contributed by atoms with Crippen LogP contribution < -0.4 is 11.1 Å². The molecule has 1 aliphatic carbocycles. The van der Waals surface area contributed by atoms with Gasteiger partial charge in [-0.25, -0.2) is 0 Å². The molecule has 1 aliphatic rings. The molecule has 0 aromatic heterocycles. The van der Waals surface area contributed by atoms with Crippen LogP contribution in [0.5, 0.6) is 0 Å². The summed E-state index contributed by atoms with van der Waals surface area (Å²) in [7, 11) is 0. The van der Waals surface area contributed by atoms with Gasteiger partial charge in [0.05, 0.1) is 5.41 Å². The second-order valence-electron chi connectivity index (χ2n) is 5.50. The van der Waals surface area contributed by atoms with E-state index in [0.29, 0.717) is 6.54 Å². The highest BCUT2D eigenvalue weighted by molar-refractivity contribution is 5.99. The van der Waals surface area contributed by atoms with Crippen molar-refractivity contribution in [3.05, 3.63) is 42.0 Å². The molecule has 0 heterocycles. The Morgan fingerprint density at radius 2 is 1.89 bits per heavy atom. The van der Waals surface area contributed by atoms with Gasteiger partial charge in [0.2, 0.25) is 5.91 Å². The highest BCUT2D eigenvalue weighted by atomic mass is 16.2. The van der Waals surface area contributed by atoms with E-state index in [0.717, 1.165) is 23.9 Å². The number of hydrogen-bond donors (Lipinski definition) is 2. The van der Waals surface area contributed by atoms with Gasteiger partial charge in [0, 0.05) is 12.2 Å². The molecule has 3 heteroatoms. The van der Waals surface area contributed by atoms with Crippen molar-refractivity contribution in [2.24, 2.45) is 11.1 Å². The summed E-state index contributed by atoms with van der Waals surface area (Å²) in [5.74, 6) is 0.0569. The van der Waals surface area contributed by atoms with Crippen LogP contribution in [0.25, 0.3) is 10.8 Å². The number of aryl methyl sites for hydroxylation is 1. The van der Waals surface area contributed by atoms with Gasteiger partial charge in [0.1, 0.15) is 0 Å². The van der Waals surface area contributed by atoms with E-state index in [9.17, 15) is 4.79 Å². The first kappa shape index (κ1) is 12.2. The molecule has 1 fully saturated rings. The molecule has 0 unspecified atom stereocenters. The Bertz CT molecular complexity index is 644. The van der Waals surface area contributed by atoms with Crippen LogP contribution in [0.2, 0.25) is 0 Å². The number of nitrogens with one attached hydrogen (secondary N) is 1. The van der Waals surface area contributed by atoms with Gasteiger partial charge < -0.3 is 11.1 Å². The summed E-state index contributed by atoms with van der Waals surface area (Å²) in [6, 6.07) is 12.3. The minimum atomic E-state index is -0.303. The molecule has 3 rings (SSSR count). The predicted molar refractivity (Wildman–Crippen MR) is 78.0 cm³/mol. The molecule has 0 atom stereocenters. The van der Waals surface area contributed by atoms with Crippen molar-refractivity contribution >= 4 is 22.4 Å². The van der Waals surface area contributed by atoms with E-state index in [-0.39, 0.29) is 11.3 Å². The number of carbonyl (C=O) groups excluding carboxylic acids is 1. The fourth-order valence-electron chi connectivity index (χ4n) is 2.38. The lowest BCUT2D eigenvalue weighted by molar-refractivity contribution is -0.120. The van der Waals surface area contributed by atoms with E-state index < -0.39 is 0 Å². The molecule has 0 radical (unpaired) electrons. The molecule has 19 heavy (non-hydrogen) atoms. The van der Waals surface area contributed by atoms with Crippen molar-refractivity contribution in [1.29, 1.82) is 0 Å². The maximum absolute atomic E-state index is 12.1. The number of rotatable bonds is 3. The quantitative estimate of drug-likeness (QED) is 0.885. The number of hydrogen-bond acceptors (Lipinski definition) is 2. The second-order valence-corrected chi connectivity index (χ2v) is 5.50. The third kappa shape index (κ3) is 2.22. The highest BCUT2D eigenvalue weighted by Crippen LogP contribution is 2.45. The van der Waals surface area contributed by atoms with Crippen LogP contribution in [-0.4, -0.2) is 12.5 Å². The predicted octanol–water partition coefficient (Wildman–Crippen LogP) is 2.83. The summed E-state index contributed by atoms with van der Waals surface area (Å²) >= 11 is 0. The van der Waals surface area contributed by atoms with Crippen LogP contribution in [-0.2, 0) is 4.79 Å². The van der Waals surface area contributed by atoms with Crippen LogP contribution in [0.15, 0.2) is 36.4 Å². The third-order valence-corrected chi connectivity index (χ3v) is 3.98. The SMILES string of the molecule is Cc1ccc2cc(NC(=O)C3(CN)CC3)ccc2c1. The van der Waals surface area contributed by atoms with Gasteiger partial charge in [-0.1, -0.05) is 29.8 Å². The Balaban J connectivity index is 1.86. The smallest absolute Gasteiger partial charge is 0.231 e. The summed E-state index contributed by atoms with van der Waals surface area (Å²) in [4.78, 5) is 12.1. The van der Waals surface area contributed by atoms with E-state index in [1.165, 1.54) is 10.9 Å². The van der Waals surface area contributed by atoms with Crippen molar-refractivity contribution in [1.82, 2.24) is 0 Å². The maximum Gasteiger partial charge on any atom is 0.231 e. The lowest BCUT2D eigenvalue weighted by Gasteiger charge is -2.13. The maximum atomic E-state index is 12.1. The van der Waals surface area contributed by atoms with Gasteiger partial charge in [0.25, 0.3) is 0 Å². The zero-order valence-electron chi connectivity index (χ0n) is 11.1. The van der Waals surface area contributed by atoms with Gasteiger partial charge in [-0.05, 0) is 42.7 Å². The molecule has 3 N–H and O–H groups in total.